The van der Waals surface area contributed by atoms with Gasteiger partial charge in [0.25, 0.3) is 0 Å². The van der Waals surface area contributed by atoms with Crippen molar-refractivity contribution < 1.29 is 50.8 Å². The summed E-state index contributed by atoms with van der Waals surface area (Å²) in [7, 11) is 1.27. The van der Waals surface area contributed by atoms with Crippen LogP contribution in [0.2, 0.25) is 0 Å². The molecule has 0 rings (SSSR count). The minimum atomic E-state index is -0.505. The summed E-state index contributed by atoms with van der Waals surface area (Å²) in [6.45, 7) is 0.861. The quantitative estimate of drug-likeness (QED) is 0.476. The zero-order chi connectivity index (χ0) is 4.99. The van der Waals surface area contributed by atoms with Gasteiger partial charge in [0.1, 0.15) is 0 Å². The number of carbonyl (C=O) groups is 1. The molecule has 0 fully saturated rings. The van der Waals surface area contributed by atoms with Gasteiger partial charge in [0.15, 0.2) is 5.97 Å². The molecule has 0 unspecified atom stereocenters. The van der Waals surface area contributed by atoms with Crippen LogP contribution in [0.25, 0.3) is 0 Å². The fourth-order valence-corrected chi connectivity index (χ4v) is 0.0680. The molecule has 0 saturated carbocycles. The molecule has 0 spiro atoms. The van der Waals surface area contributed by atoms with Gasteiger partial charge in [0.2, 0.25) is 0 Å². The molecule has 0 aliphatic heterocycles. The second-order valence-electron chi connectivity index (χ2n) is 0.690. The zero-order valence-corrected chi connectivity index (χ0v) is 7.75. The summed E-state index contributed by atoms with van der Waals surface area (Å²) in [6, 6.07) is 0. The maximum absolute atomic E-state index is 9.78. The summed E-state index contributed by atoms with van der Waals surface area (Å²) in [4.78, 5) is 9.78. The second-order valence-corrected chi connectivity index (χ2v) is 0.690. The van der Waals surface area contributed by atoms with Crippen molar-refractivity contribution >= 4 is 5.97 Å². The van der Waals surface area contributed by atoms with E-state index in [4.69, 9.17) is 0 Å². The Kier molecular flexibility index (Phi) is 10.1. The summed E-state index contributed by atoms with van der Waals surface area (Å²) in [5.74, 6) is -0.505. The van der Waals surface area contributed by atoms with E-state index in [1.807, 2.05) is 0 Å². The van der Waals surface area contributed by atoms with Gasteiger partial charge in [-0.25, -0.2) is 6.54 Å². The molecule has 0 saturated heterocycles. The summed E-state index contributed by atoms with van der Waals surface area (Å²) in [5.41, 5.74) is 4.68. The number of hydrogen-bond donors (Lipinski definition) is 1. The Morgan fingerprint density at radius 1 is 1.86 bits per heavy atom. The fourth-order valence-electron chi connectivity index (χ4n) is 0.0680. The third-order valence-electron chi connectivity index (χ3n) is 0.337. The van der Waals surface area contributed by atoms with E-state index in [9.17, 15) is 4.79 Å². The van der Waals surface area contributed by atoms with Gasteiger partial charge >= 0.3 is 0 Å². The van der Waals surface area contributed by atoms with Gasteiger partial charge in [-0.3, -0.25) is 4.79 Å². The van der Waals surface area contributed by atoms with Crippen LogP contribution < -0.4 is 5.73 Å². The molecule has 0 aliphatic carbocycles. The van der Waals surface area contributed by atoms with E-state index in [0.29, 0.717) is 0 Å². The second kappa shape index (κ2) is 6.66. The van der Waals surface area contributed by atoms with Gasteiger partial charge in [-0.05, 0) is 0 Å². The number of carbonyl (C=O) groups excluding carboxylic acids is 1. The van der Waals surface area contributed by atoms with Gasteiger partial charge in [0, 0.05) is 41.3 Å². The molecule has 3 nitrogen and oxygen atoms in total. The molecule has 1 radical (unpaired) electrons. The Hall–Kier alpha value is 0.664. The van der Waals surface area contributed by atoms with Crippen LogP contribution in [0.1, 0.15) is 0 Å². The maximum atomic E-state index is 9.78. The first-order valence-electron chi connectivity index (χ1n) is 1.44. The number of rotatable bonds is 1. The van der Waals surface area contributed by atoms with E-state index >= 15 is 0 Å². The van der Waals surface area contributed by atoms with E-state index in [-0.39, 0.29) is 41.3 Å². The van der Waals surface area contributed by atoms with Crippen LogP contribution in [-0.4, -0.2) is 13.1 Å². The van der Waals surface area contributed by atoms with E-state index in [1.54, 1.807) is 0 Å². The number of methoxy groups -OCH3 is 1. The predicted octanol–water partition coefficient (Wildman–Crippen LogP) is -0.720. The first-order valence-corrected chi connectivity index (χ1v) is 1.44. The predicted molar refractivity (Wildman–Crippen MR) is 20.5 cm³/mol. The molecule has 0 aromatic heterocycles. The van der Waals surface area contributed by atoms with E-state index in [0.717, 1.165) is 6.54 Å². The monoisotopic (exact) mass is 229 g/mol. The molecule has 0 heterocycles. The first-order chi connectivity index (χ1) is 2.81. The zero-order valence-electron chi connectivity index (χ0n) is 4.05. The van der Waals surface area contributed by atoms with Crippen LogP contribution >= 0.6 is 0 Å². The normalized spacial score (nSPS) is 6.00. The molecular weight excluding hydrogens is 223 g/mol. The Balaban J connectivity index is 0. The maximum Gasteiger partial charge on any atom is 0.179 e. The van der Waals surface area contributed by atoms with E-state index in [2.05, 4.69) is 10.5 Å². The van der Waals surface area contributed by atoms with Crippen molar-refractivity contribution in [2.24, 2.45) is 5.73 Å². The van der Waals surface area contributed by atoms with Crippen LogP contribution in [0.15, 0.2) is 0 Å². The van der Waals surface area contributed by atoms with E-state index < -0.39 is 5.97 Å². The molecule has 2 N–H and O–H groups in total. The van der Waals surface area contributed by atoms with Crippen molar-refractivity contribution in [3.63, 3.8) is 0 Å². The summed E-state index contributed by atoms with van der Waals surface area (Å²) in [6.07, 6.45) is 0. The summed E-state index contributed by atoms with van der Waals surface area (Å²) in [5, 5.41) is 0. The molecule has 7 heavy (non-hydrogen) atoms. The molecule has 0 aromatic carbocycles. The number of hydrogen-bond acceptors (Lipinski definition) is 3. The average Bonchev–Trinajstić information content (AvgIpc) is 1.65. The van der Waals surface area contributed by atoms with Crippen molar-refractivity contribution in [3.8, 4) is 0 Å². The van der Waals surface area contributed by atoms with Crippen LogP contribution in [-0.2, 0) is 9.53 Å². The van der Waals surface area contributed by atoms with Crippen molar-refractivity contribution in [1.29, 1.82) is 0 Å². The average molecular weight is 229 g/mol. The molecule has 0 aromatic rings. The van der Waals surface area contributed by atoms with Crippen LogP contribution in [0, 0.1) is 47.8 Å². The molecule has 0 amide bonds. The van der Waals surface area contributed by atoms with Crippen LogP contribution in [0.4, 0.5) is 0 Å². The topological polar surface area (TPSA) is 52.3 Å². The van der Waals surface area contributed by atoms with Crippen molar-refractivity contribution in [2.45, 2.75) is 0 Å². The first kappa shape index (κ1) is 10.6. The van der Waals surface area contributed by atoms with Crippen molar-refractivity contribution in [2.75, 3.05) is 7.11 Å². The standard InChI is InChI=1S/C3H6NO2.Pr/c1-6-3(5)2-4;/h2H,4H2,1H3;/q-1;. The minimum absolute atomic E-state index is 0. The van der Waals surface area contributed by atoms with Crippen LogP contribution in [0.3, 0.4) is 0 Å². The van der Waals surface area contributed by atoms with Crippen LogP contribution in [0.5, 0.6) is 0 Å². The molecule has 39 valence electrons. The fraction of sp³-hybridized carbons (Fsp3) is 0.333. The molecule has 0 atom stereocenters. The summed E-state index contributed by atoms with van der Waals surface area (Å²) >= 11 is 0. The Labute approximate surface area is 75.5 Å². The van der Waals surface area contributed by atoms with Gasteiger partial charge in [-0.1, -0.05) is 0 Å². The Morgan fingerprint density at radius 3 is 2.29 bits per heavy atom. The SMILES string of the molecule is COC(=O)[CH-]N.[Pr]. The number of ether oxygens (including phenoxy) is 1. The molecule has 0 aliphatic rings. The smallest absolute Gasteiger partial charge is 0.179 e. The Morgan fingerprint density at radius 2 is 2.29 bits per heavy atom. The Bertz CT molecular complexity index is 50.9. The van der Waals surface area contributed by atoms with Crippen molar-refractivity contribution in [3.05, 3.63) is 6.54 Å². The number of nitrogens with two attached hydrogens (primary N) is 1. The van der Waals surface area contributed by atoms with Crippen molar-refractivity contribution in [1.82, 2.24) is 0 Å². The largest absolute Gasteiger partial charge is 0.490 e. The summed E-state index contributed by atoms with van der Waals surface area (Å²) < 4.78 is 4.08. The minimum Gasteiger partial charge on any atom is -0.490 e. The molecule has 4 heteroatoms. The molecule has 0 bridgehead atoms. The third kappa shape index (κ3) is 6.66. The third-order valence-corrected chi connectivity index (χ3v) is 0.337. The number of esters is 1. The van der Waals surface area contributed by atoms with Gasteiger partial charge in [0.05, 0.1) is 7.11 Å². The van der Waals surface area contributed by atoms with Gasteiger partial charge < -0.3 is 10.5 Å². The van der Waals surface area contributed by atoms with Gasteiger partial charge in [-0.15, -0.1) is 0 Å². The van der Waals surface area contributed by atoms with E-state index in [1.165, 1.54) is 7.11 Å². The van der Waals surface area contributed by atoms with Gasteiger partial charge in [-0.2, -0.15) is 0 Å². The molecular formula is C3H6NO2Pr-.